The van der Waals surface area contributed by atoms with Gasteiger partial charge in [0.15, 0.2) is 0 Å². The number of para-hydroxylation sites is 1. The fourth-order valence-electron chi connectivity index (χ4n) is 4.71. The van der Waals surface area contributed by atoms with Gasteiger partial charge in [0, 0.05) is 21.9 Å². The number of carbonyl (C=O) groups excluding carboxylic acids is 1. The van der Waals surface area contributed by atoms with Gasteiger partial charge in [-0.05, 0) is 55.9 Å². The first-order valence-electron chi connectivity index (χ1n) is 11.9. The number of thiophene rings is 1. The van der Waals surface area contributed by atoms with Crippen molar-refractivity contribution < 1.29 is 14.6 Å². The van der Waals surface area contributed by atoms with E-state index >= 15 is 0 Å². The number of esters is 1. The molecule has 0 spiro atoms. The second kappa shape index (κ2) is 9.91. The zero-order valence-electron chi connectivity index (χ0n) is 20.0. The molecule has 0 fully saturated rings. The van der Waals surface area contributed by atoms with E-state index in [-0.39, 0.29) is 24.0 Å². The summed E-state index contributed by atoms with van der Waals surface area (Å²) < 4.78 is 6.55. The van der Waals surface area contributed by atoms with Crippen LogP contribution in [0.4, 0.5) is 5.00 Å². The summed E-state index contributed by atoms with van der Waals surface area (Å²) in [5, 5.41) is 13.2. The topological polar surface area (TPSA) is 80.9 Å². The van der Waals surface area contributed by atoms with Crippen molar-refractivity contribution >= 4 is 50.9 Å². The summed E-state index contributed by atoms with van der Waals surface area (Å²) in [5.74, 6) is -0.120. The highest BCUT2D eigenvalue weighted by Gasteiger charge is 2.28. The van der Waals surface area contributed by atoms with Crippen LogP contribution >= 0.6 is 22.9 Å². The minimum atomic E-state index is -0.388. The van der Waals surface area contributed by atoms with Crippen molar-refractivity contribution in [3.05, 3.63) is 85.5 Å². The fourth-order valence-corrected chi connectivity index (χ4v) is 6.27. The number of hydrogen-bond donors (Lipinski definition) is 1. The number of aromatic hydroxyl groups is 1. The number of nitrogens with zero attached hydrogens (tertiary/aromatic N) is 2. The number of benzene rings is 2. The molecule has 1 atom stereocenters. The van der Waals surface area contributed by atoms with E-state index in [1.165, 1.54) is 22.1 Å². The van der Waals surface area contributed by atoms with E-state index in [9.17, 15) is 14.7 Å². The van der Waals surface area contributed by atoms with Gasteiger partial charge in [0.05, 0.1) is 28.4 Å². The number of halogens is 1. The van der Waals surface area contributed by atoms with E-state index < -0.39 is 0 Å². The molecule has 184 valence electrons. The largest absolute Gasteiger partial charge is 0.494 e. The van der Waals surface area contributed by atoms with Crippen LogP contribution in [0.3, 0.4) is 0 Å². The second-order valence-corrected chi connectivity index (χ2v) is 10.4. The van der Waals surface area contributed by atoms with Crippen LogP contribution in [0.2, 0.25) is 5.02 Å². The molecule has 0 radical (unpaired) electrons. The van der Waals surface area contributed by atoms with E-state index in [0.29, 0.717) is 43.5 Å². The maximum atomic E-state index is 13.3. The average molecular weight is 521 g/mol. The van der Waals surface area contributed by atoms with Crippen molar-refractivity contribution in [3.8, 4) is 11.6 Å². The van der Waals surface area contributed by atoms with Crippen molar-refractivity contribution in [2.45, 2.75) is 33.1 Å². The Balaban J connectivity index is 1.71. The fraction of sp³-hybridized carbons (Fsp3) is 0.250. The zero-order chi connectivity index (χ0) is 25.4. The standard InChI is InChI=1S/C28H25ClN2O4S/c1-3-35-28(34)24-19-13-12-16(2)14-23(19)36-25(24)30-15-20-17-8-4-5-9-18(17)26(32)31(27(20)33)22-11-7-6-10-21(22)29/h4-11,15-16,33H,3,12-14H2,1-2H3/t16-/m1/s1. The molecule has 8 heteroatoms. The highest BCUT2D eigenvalue weighted by molar-refractivity contribution is 7.16. The molecule has 2 aromatic carbocycles. The van der Waals surface area contributed by atoms with Gasteiger partial charge in [-0.1, -0.05) is 48.9 Å². The summed E-state index contributed by atoms with van der Waals surface area (Å²) in [5.41, 5.74) is 1.86. The quantitative estimate of drug-likeness (QED) is 0.242. The summed E-state index contributed by atoms with van der Waals surface area (Å²) in [6.45, 7) is 4.26. The van der Waals surface area contributed by atoms with Crippen LogP contribution in [-0.4, -0.2) is 28.5 Å². The van der Waals surface area contributed by atoms with Gasteiger partial charge in [0.25, 0.3) is 5.56 Å². The van der Waals surface area contributed by atoms with Gasteiger partial charge in [-0.15, -0.1) is 11.3 Å². The van der Waals surface area contributed by atoms with Gasteiger partial charge in [-0.3, -0.25) is 4.79 Å². The van der Waals surface area contributed by atoms with Gasteiger partial charge in [-0.25, -0.2) is 14.4 Å². The molecule has 6 nitrogen and oxygen atoms in total. The maximum Gasteiger partial charge on any atom is 0.341 e. The molecule has 0 saturated carbocycles. The molecule has 0 aliphatic heterocycles. The first-order chi connectivity index (χ1) is 17.4. The second-order valence-electron chi connectivity index (χ2n) is 8.89. The van der Waals surface area contributed by atoms with Crippen LogP contribution in [0, 0.1) is 5.92 Å². The Morgan fingerprint density at radius 3 is 2.69 bits per heavy atom. The molecule has 2 heterocycles. The molecule has 1 N–H and O–H groups in total. The Morgan fingerprint density at radius 2 is 1.94 bits per heavy atom. The molecular formula is C28H25ClN2O4S. The lowest BCUT2D eigenvalue weighted by Gasteiger charge is -2.18. The van der Waals surface area contributed by atoms with Gasteiger partial charge >= 0.3 is 5.97 Å². The van der Waals surface area contributed by atoms with Crippen LogP contribution in [-0.2, 0) is 17.6 Å². The molecule has 4 aromatic rings. The molecule has 0 saturated heterocycles. The van der Waals surface area contributed by atoms with Crippen molar-refractivity contribution in [2.24, 2.45) is 10.9 Å². The monoisotopic (exact) mass is 520 g/mol. The first kappa shape index (κ1) is 24.3. The molecule has 1 aliphatic rings. The van der Waals surface area contributed by atoms with Crippen LogP contribution in [0.25, 0.3) is 16.5 Å². The zero-order valence-corrected chi connectivity index (χ0v) is 21.5. The van der Waals surface area contributed by atoms with Crippen molar-refractivity contribution in [1.82, 2.24) is 4.57 Å². The first-order valence-corrected chi connectivity index (χ1v) is 13.1. The summed E-state index contributed by atoms with van der Waals surface area (Å²) in [6.07, 6.45) is 4.23. The lowest BCUT2D eigenvalue weighted by molar-refractivity contribution is 0.0526. The van der Waals surface area contributed by atoms with E-state index in [4.69, 9.17) is 21.3 Å². The number of hydrogen-bond acceptors (Lipinski definition) is 6. The average Bonchev–Trinajstić information content (AvgIpc) is 3.22. The van der Waals surface area contributed by atoms with E-state index in [1.54, 1.807) is 55.5 Å². The summed E-state index contributed by atoms with van der Waals surface area (Å²) in [4.78, 5) is 32.1. The molecule has 36 heavy (non-hydrogen) atoms. The van der Waals surface area contributed by atoms with Crippen molar-refractivity contribution in [1.29, 1.82) is 0 Å². The highest BCUT2D eigenvalue weighted by Crippen LogP contribution is 2.42. The van der Waals surface area contributed by atoms with E-state index in [0.717, 1.165) is 29.7 Å². The molecule has 2 aromatic heterocycles. The molecule has 0 bridgehead atoms. The smallest absolute Gasteiger partial charge is 0.341 e. The number of carbonyl (C=O) groups is 1. The Labute approximate surface area is 217 Å². The molecule has 5 rings (SSSR count). The van der Waals surface area contributed by atoms with Crippen molar-refractivity contribution in [2.75, 3.05) is 6.61 Å². The third-order valence-corrected chi connectivity index (χ3v) is 7.96. The summed E-state index contributed by atoms with van der Waals surface area (Å²) in [6, 6.07) is 13.9. The third kappa shape index (κ3) is 4.22. The van der Waals surface area contributed by atoms with Crippen LogP contribution in [0.5, 0.6) is 5.88 Å². The highest BCUT2D eigenvalue weighted by atomic mass is 35.5. The number of aromatic nitrogens is 1. The Bertz CT molecular complexity index is 1570. The summed E-state index contributed by atoms with van der Waals surface area (Å²) >= 11 is 7.87. The Hall–Kier alpha value is -3.42. The molecule has 0 unspecified atom stereocenters. The van der Waals surface area contributed by atoms with E-state index in [1.807, 2.05) is 0 Å². The van der Waals surface area contributed by atoms with Gasteiger partial charge in [0.2, 0.25) is 5.88 Å². The van der Waals surface area contributed by atoms with Gasteiger partial charge in [-0.2, -0.15) is 0 Å². The molecular weight excluding hydrogens is 496 g/mol. The lowest BCUT2D eigenvalue weighted by atomic mass is 9.88. The SMILES string of the molecule is CCOC(=O)c1c(N=Cc2c(O)n(-c3ccccc3Cl)c(=O)c3ccccc23)sc2c1CC[C@@H](C)C2. The van der Waals surface area contributed by atoms with Crippen LogP contribution in [0.15, 0.2) is 58.3 Å². The van der Waals surface area contributed by atoms with Crippen molar-refractivity contribution in [3.63, 3.8) is 0 Å². The number of ether oxygens (including phenoxy) is 1. The predicted molar refractivity (Wildman–Crippen MR) is 145 cm³/mol. The number of fused-ring (bicyclic) bond motifs is 2. The molecule has 0 amide bonds. The lowest BCUT2D eigenvalue weighted by Crippen LogP contribution is -2.20. The Kier molecular flexibility index (Phi) is 6.69. The number of pyridine rings is 1. The van der Waals surface area contributed by atoms with Gasteiger partial charge in [0.1, 0.15) is 5.00 Å². The Morgan fingerprint density at radius 1 is 1.22 bits per heavy atom. The molecule has 1 aliphatic carbocycles. The maximum absolute atomic E-state index is 13.3. The summed E-state index contributed by atoms with van der Waals surface area (Å²) in [7, 11) is 0. The van der Waals surface area contributed by atoms with Crippen LogP contribution < -0.4 is 5.56 Å². The van der Waals surface area contributed by atoms with Gasteiger partial charge < -0.3 is 9.84 Å². The number of rotatable bonds is 5. The van der Waals surface area contributed by atoms with Crippen LogP contribution in [0.1, 0.15) is 46.6 Å². The predicted octanol–water partition coefficient (Wildman–Crippen LogP) is 6.46. The third-order valence-electron chi connectivity index (χ3n) is 6.48. The minimum Gasteiger partial charge on any atom is -0.494 e. The minimum absolute atomic E-state index is 0.275. The van der Waals surface area contributed by atoms with E-state index in [2.05, 4.69) is 6.92 Å². The number of aliphatic imine (C=N–C) groups is 1. The normalized spacial score (nSPS) is 15.4.